The van der Waals surface area contributed by atoms with Gasteiger partial charge in [0.2, 0.25) is 6.29 Å². The first kappa shape index (κ1) is 22.6. The third-order valence-electron chi connectivity index (χ3n) is 8.64. The average molecular weight is 462 g/mol. The Balaban J connectivity index is 1.66. The molecule has 8 atom stereocenters. The molecule has 2 aliphatic heterocycles. The van der Waals surface area contributed by atoms with E-state index in [0.29, 0.717) is 25.9 Å². The van der Waals surface area contributed by atoms with Gasteiger partial charge < -0.3 is 28.5 Å². The summed E-state index contributed by atoms with van der Waals surface area (Å²) in [7, 11) is 0. The van der Waals surface area contributed by atoms with E-state index in [9.17, 15) is 19.5 Å². The van der Waals surface area contributed by atoms with Crippen LogP contribution in [-0.2, 0) is 33.3 Å². The van der Waals surface area contributed by atoms with Crippen molar-refractivity contribution in [3.63, 3.8) is 0 Å². The predicted octanol–water partition coefficient (Wildman–Crippen LogP) is 2.31. The summed E-state index contributed by atoms with van der Waals surface area (Å²) in [6.07, 6.45) is 2.82. The van der Waals surface area contributed by atoms with Crippen LogP contribution in [0.4, 0.5) is 0 Å². The fourth-order valence-corrected chi connectivity index (χ4v) is 7.05. The van der Waals surface area contributed by atoms with Crippen LogP contribution >= 0.6 is 0 Å². The van der Waals surface area contributed by atoms with E-state index in [2.05, 4.69) is 0 Å². The monoisotopic (exact) mass is 462 g/mol. The van der Waals surface area contributed by atoms with E-state index in [1.807, 2.05) is 0 Å². The van der Waals surface area contributed by atoms with Crippen molar-refractivity contribution in [3.8, 4) is 0 Å². The first-order chi connectivity index (χ1) is 15.7. The molecule has 0 bridgehead atoms. The van der Waals surface area contributed by atoms with Gasteiger partial charge in [-0.25, -0.2) is 0 Å². The lowest BCUT2D eigenvalue weighted by Gasteiger charge is -2.61. The number of ketones is 1. The molecule has 9 heteroatoms. The molecule has 2 saturated carbocycles. The summed E-state index contributed by atoms with van der Waals surface area (Å²) in [6.45, 7) is 4.62. The number of hydrogen-bond acceptors (Lipinski definition) is 9. The lowest BCUT2D eigenvalue weighted by molar-refractivity contribution is -0.255. The highest BCUT2D eigenvalue weighted by atomic mass is 16.7. The van der Waals surface area contributed by atoms with Gasteiger partial charge in [-0.3, -0.25) is 14.4 Å². The fraction of sp³-hybridized carbons (Fsp3) is 0.708. The summed E-state index contributed by atoms with van der Waals surface area (Å²) >= 11 is 0. The highest BCUT2D eigenvalue weighted by molar-refractivity contribution is 5.88. The Bertz CT molecular complexity index is 951. The lowest BCUT2D eigenvalue weighted by atomic mass is 9.42. The zero-order valence-electron chi connectivity index (χ0n) is 19.1. The van der Waals surface area contributed by atoms with Gasteiger partial charge in [-0.05, 0) is 31.2 Å². The number of aliphatic hydroxyl groups is 1. The maximum absolute atomic E-state index is 13.7. The number of carbonyl (C=O) groups is 3. The zero-order valence-corrected chi connectivity index (χ0v) is 19.1. The van der Waals surface area contributed by atoms with Crippen molar-refractivity contribution < 1.29 is 42.9 Å². The van der Waals surface area contributed by atoms with Crippen LogP contribution in [0, 0.1) is 22.7 Å². The van der Waals surface area contributed by atoms with Crippen LogP contribution in [0.15, 0.2) is 23.0 Å². The predicted molar refractivity (Wildman–Crippen MR) is 110 cm³/mol. The molecule has 33 heavy (non-hydrogen) atoms. The molecule has 1 N–H and O–H groups in total. The Morgan fingerprint density at radius 2 is 2.03 bits per heavy atom. The molecule has 9 nitrogen and oxygen atoms in total. The van der Waals surface area contributed by atoms with Crippen molar-refractivity contribution in [2.75, 3.05) is 13.2 Å². The van der Waals surface area contributed by atoms with Crippen molar-refractivity contribution >= 4 is 17.7 Å². The maximum atomic E-state index is 13.7. The molecule has 1 aromatic heterocycles. The SMILES string of the molecule is CC(=O)OC[C@@]12[C@H](CCC[C@]13CO3)[C@@]1(C[C@@H](c3ccoc3)O[C@H]1OC(C)=O)[C@H](C)C(=O)[C@@H]2O. The highest BCUT2D eigenvalue weighted by Gasteiger charge is 2.79. The molecule has 2 aliphatic carbocycles. The van der Waals surface area contributed by atoms with Crippen LogP contribution in [0.3, 0.4) is 0 Å². The first-order valence-electron chi connectivity index (χ1n) is 11.5. The molecular weight excluding hydrogens is 432 g/mol. The molecule has 0 amide bonds. The minimum absolute atomic E-state index is 0.141. The maximum Gasteiger partial charge on any atom is 0.304 e. The Labute approximate surface area is 191 Å². The van der Waals surface area contributed by atoms with Gasteiger partial charge in [0.15, 0.2) is 5.78 Å². The van der Waals surface area contributed by atoms with Crippen molar-refractivity contribution in [2.45, 2.75) is 70.6 Å². The third-order valence-corrected chi connectivity index (χ3v) is 8.64. The summed E-state index contributed by atoms with van der Waals surface area (Å²) in [6, 6.07) is 1.79. The number of rotatable bonds is 4. The number of aliphatic hydroxyl groups excluding tert-OH is 1. The number of ether oxygens (including phenoxy) is 4. The van der Waals surface area contributed by atoms with Crippen molar-refractivity contribution in [1.29, 1.82) is 0 Å². The smallest absolute Gasteiger partial charge is 0.304 e. The Morgan fingerprint density at radius 1 is 1.27 bits per heavy atom. The number of fused-ring (bicyclic) bond motifs is 3. The van der Waals surface area contributed by atoms with Gasteiger partial charge in [-0.15, -0.1) is 0 Å². The minimum Gasteiger partial charge on any atom is -0.472 e. The standard InChI is InChI=1S/C24H30O9/c1-13-19(27)20(28)24(12-30-14(2)25)18(5-4-7-22(24)11-31-22)23(13)9-17(16-6-8-29-10-16)33-21(23)32-15(3)26/h6,8,10,13,17-18,20-21,28H,4-5,7,9,11-12H2,1-3H3/t13-,17+,18-,20+,21-,22+,23-,24+/m1/s1. The normalized spacial score (nSPS) is 44.0. The fourth-order valence-electron chi connectivity index (χ4n) is 7.05. The summed E-state index contributed by atoms with van der Waals surface area (Å²) < 4.78 is 28.7. The molecule has 2 spiro atoms. The van der Waals surface area contributed by atoms with Crippen molar-refractivity contribution in [3.05, 3.63) is 24.2 Å². The van der Waals surface area contributed by atoms with Gasteiger partial charge in [0, 0.05) is 30.7 Å². The van der Waals surface area contributed by atoms with Crippen molar-refractivity contribution in [2.24, 2.45) is 22.7 Å². The van der Waals surface area contributed by atoms with Gasteiger partial charge in [-0.1, -0.05) is 13.3 Å². The topological polar surface area (TPSA) is 125 Å². The van der Waals surface area contributed by atoms with E-state index in [-0.39, 0.29) is 18.3 Å². The quantitative estimate of drug-likeness (QED) is 0.530. The number of hydrogen-bond donors (Lipinski definition) is 1. The summed E-state index contributed by atoms with van der Waals surface area (Å²) in [5.74, 6) is -2.38. The van der Waals surface area contributed by atoms with Gasteiger partial charge in [0.25, 0.3) is 0 Å². The molecule has 0 aromatic carbocycles. The second-order valence-corrected chi connectivity index (χ2v) is 10.0. The van der Waals surface area contributed by atoms with Gasteiger partial charge >= 0.3 is 11.9 Å². The molecule has 2 saturated heterocycles. The second kappa shape index (κ2) is 7.65. The minimum atomic E-state index is -1.36. The van der Waals surface area contributed by atoms with E-state index in [0.717, 1.165) is 12.0 Å². The summed E-state index contributed by atoms with van der Waals surface area (Å²) in [4.78, 5) is 37.6. The molecule has 3 heterocycles. The molecule has 4 aliphatic rings. The van der Waals surface area contributed by atoms with Gasteiger partial charge in [0.05, 0.1) is 30.7 Å². The summed E-state index contributed by atoms with van der Waals surface area (Å²) in [5.41, 5.74) is -2.05. The van der Waals surface area contributed by atoms with Crippen molar-refractivity contribution in [1.82, 2.24) is 0 Å². The van der Waals surface area contributed by atoms with E-state index < -0.39 is 52.8 Å². The second-order valence-electron chi connectivity index (χ2n) is 10.0. The van der Waals surface area contributed by atoms with Gasteiger partial charge in [-0.2, -0.15) is 0 Å². The Hall–Kier alpha value is -2.23. The molecule has 1 aromatic rings. The van der Waals surface area contributed by atoms with E-state index in [1.54, 1.807) is 25.5 Å². The van der Waals surface area contributed by atoms with Crippen LogP contribution in [-0.4, -0.2) is 54.0 Å². The van der Waals surface area contributed by atoms with E-state index >= 15 is 0 Å². The van der Waals surface area contributed by atoms with E-state index in [1.165, 1.54) is 13.8 Å². The molecule has 0 unspecified atom stereocenters. The summed E-state index contributed by atoms with van der Waals surface area (Å²) in [5, 5.41) is 11.5. The molecule has 180 valence electrons. The van der Waals surface area contributed by atoms with E-state index in [4.69, 9.17) is 23.4 Å². The number of furan rings is 1. The van der Waals surface area contributed by atoms with Gasteiger partial charge in [0.1, 0.15) is 18.3 Å². The third kappa shape index (κ3) is 3.05. The number of carbonyl (C=O) groups excluding carboxylic acids is 3. The molecule has 5 rings (SSSR count). The average Bonchev–Trinajstić information content (AvgIpc) is 3.19. The van der Waals surface area contributed by atoms with Crippen LogP contribution in [0.25, 0.3) is 0 Å². The molecule has 4 fully saturated rings. The number of esters is 2. The van der Waals surface area contributed by atoms with Crippen LogP contribution in [0.1, 0.15) is 58.1 Å². The number of epoxide rings is 1. The Kier molecular flexibility index (Phi) is 5.23. The first-order valence-corrected chi connectivity index (χ1v) is 11.5. The largest absolute Gasteiger partial charge is 0.472 e. The zero-order chi connectivity index (χ0) is 23.6. The number of Topliss-reactive ketones (excluding diaryl/α,β-unsaturated/α-hetero) is 1. The molecule has 0 radical (unpaired) electrons. The van der Waals surface area contributed by atoms with Crippen LogP contribution < -0.4 is 0 Å². The van der Waals surface area contributed by atoms with Crippen LogP contribution in [0.5, 0.6) is 0 Å². The molecular formula is C24H30O9. The Morgan fingerprint density at radius 3 is 2.64 bits per heavy atom. The highest BCUT2D eigenvalue weighted by Crippen LogP contribution is 2.71. The lowest BCUT2D eigenvalue weighted by Crippen LogP contribution is -2.71. The van der Waals surface area contributed by atoms with Crippen LogP contribution in [0.2, 0.25) is 0 Å².